The van der Waals surface area contributed by atoms with Gasteiger partial charge < -0.3 is 9.15 Å². The monoisotopic (exact) mass is 336 g/mol. The van der Waals surface area contributed by atoms with Gasteiger partial charge in [0.2, 0.25) is 0 Å². The second-order valence-corrected chi connectivity index (χ2v) is 5.79. The number of fused-ring (bicyclic) bond motifs is 1. The van der Waals surface area contributed by atoms with Gasteiger partial charge in [-0.15, -0.1) is 0 Å². The van der Waals surface area contributed by atoms with Crippen molar-refractivity contribution in [1.82, 2.24) is 0 Å². The maximum Gasteiger partial charge on any atom is 0.338 e. The van der Waals surface area contributed by atoms with Gasteiger partial charge in [-0.25, -0.2) is 9.59 Å². The topological polar surface area (TPSA) is 73.6 Å². The van der Waals surface area contributed by atoms with E-state index in [1.54, 1.807) is 12.1 Å². The van der Waals surface area contributed by atoms with E-state index in [-0.39, 0.29) is 6.61 Å². The number of carbonyl (C=O) groups excluding carboxylic acids is 2. The maximum absolute atomic E-state index is 12.1. The largest absolute Gasteiger partial charge is 0.457 e. The minimum atomic E-state index is -0.525. The van der Waals surface area contributed by atoms with Crippen molar-refractivity contribution in [2.24, 2.45) is 0 Å². The predicted octanol–water partition coefficient (Wildman–Crippen LogP) is 3.58. The lowest BCUT2D eigenvalue weighted by Gasteiger charge is -2.10. The minimum absolute atomic E-state index is 0.0428. The highest BCUT2D eigenvalue weighted by Gasteiger charge is 2.12. The Morgan fingerprint density at radius 2 is 1.84 bits per heavy atom. The molecule has 0 N–H and O–H groups in total. The molecule has 0 amide bonds. The summed E-state index contributed by atoms with van der Waals surface area (Å²) in [4.78, 5) is 34.6. The van der Waals surface area contributed by atoms with Gasteiger partial charge in [-0.05, 0) is 37.1 Å². The molecule has 0 saturated heterocycles. The number of esters is 1. The molecule has 0 fully saturated rings. The number of aldehydes is 1. The third-order valence-corrected chi connectivity index (χ3v) is 4.16. The quantitative estimate of drug-likeness (QED) is 0.414. The smallest absolute Gasteiger partial charge is 0.338 e. The Balaban J connectivity index is 1.87. The Hall–Kier alpha value is -3.21. The molecule has 0 saturated carbocycles. The van der Waals surface area contributed by atoms with Crippen LogP contribution >= 0.6 is 0 Å². The molecule has 0 unspecified atom stereocenters. The minimum Gasteiger partial charge on any atom is -0.457 e. The number of hydrogen-bond donors (Lipinski definition) is 0. The van der Waals surface area contributed by atoms with Gasteiger partial charge in [0, 0.05) is 22.6 Å². The van der Waals surface area contributed by atoms with E-state index in [2.05, 4.69) is 0 Å². The predicted molar refractivity (Wildman–Crippen MR) is 92.9 cm³/mol. The Kier molecular flexibility index (Phi) is 4.48. The molecule has 2 aromatic carbocycles. The first-order valence-corrected chi connectivity index (χ1v) is 7.75. The van der Waals surface area contributed by atoms with Gasteiger partial charge in [0.25, 0.3) is 0 Å². The molecule has 1 aromatic heterocycles. The third kappa shape index (κ3) is 3.35. The van der Waals surface area contributed by atoms with Crippen LogP contribution in [0.5, 0.6) is 0 Å². The second kappa shape index (κ2) is 6.73. The molecule has 3 rings (SSSR count). The average Bonchev–Trinajstić information content (AvgIpc) is 2.63. The van der Waals surface area contributed by atoms with Crippen LogP contribution in [0, 0.1) is 13.8 Å². The Labute approximate surface area is 143 Å². The summed E-state index contributed by atoms with van der Waals surface area (Å²) in [5.74, 6) is -0.525. The molecular weight excluding hydrogens is 320 g/mol. The molecule has 5 heteroatoms. The van der Waals surface area contributed by atoms with Crippen molar-refractivity contribution in [2.75, 3.05) is 0 Å². The van der Waals surface area contributed by atoms with Gasteiger partial charge in [-0.3, -0.25) is 4.79 Å². The normalized spacial score (nSPS) is 10.6. The van der Waals surface area contributed by atoms with Crippen LogP contribution in [0.25, 0.3) is 11.0 Å². The van der Waals surface area contributed by atoms with E-state index >= 15 is 0 Å². The van der Waals surface area contributed by atoms with E-state index in [0.29, 0.717) is 28.6 Å². The van der Waals surface area contributed by atoms with E-state index < -0.39 is 11.6 Å². The molecule has 0 aliphatic heterocycles. The van der Waals surface area contributed by atoms with Crippen LogP contribution in [-0.2, 0) is 11.3 Å². The number of ether oxygens (including phenoxy) is 1. The summed E-state index contributed by atoms with van der Waals surface area (Å²) in [6.07, 6.45) is 0.703. The van der Waals surface area contributed by atoms with Crippen molar-refractivity contribution in [1.29, 1.82) is 0 Å². The summed E-state index contributed by atoms with van der Waals surface area (Å²) < 4.78 is 10.6. The highest BCUT2D eigenvalue weighted by atomic mass is 16.5. The summed E-state index contributed by atoms with van der Waals surface area (Å²) in [5.41, 5.74) is 3.33. The second-order valence-electron chi connectivity index (χ2n) is 5.79. The van der Waals surface area contributed by atoms with Crippen LogP contribution in [0.15, 0.2) is 51.7 Å². The van der Waals surface area contributed by atoms with Crippen molar-refractivity contribution in [3.63, 3.8) is 0 Å². The number of benzene rings is 2. The van der Waals surface area contributed by atoms with Gasteiger partial charge >= 0.3 is 11.6 Å². The Morgan fingerprint density at radius 1 is 1.12 bits per heavy atom. The van der Waals surface area contributed by atoms with E-state index in [9.17, 15) is 14.4 Å². The van der Waals surface area contributed by atoms with Gasteiger partial charge in [0.05, 0.1) is 5.56 Å². The van der Waals surface area contributed by atoms with Gasteiger partial charge in [0.15, 0.2) is 0 Å². The summed E-state index contributed by atoms with van der Waals surface area (Å²) >= 11 is 0. The molecule has 0 bridgehead atoms. The fraction of sp³-hybridized carbons (Fsp3) is 0.150. The molecule has 0 aliphatic rings. The van der Waals surface area contributed by atoms with E-state index in [1.165, 1.54) is 18.2 Å². The molecule has 0 aliphatic carbocycles. The zero-order valence-electron chi connectivity index (χ0n) is 13.9. The van der Waals surface area contributed by atoms with Crippen molar-refractivity contribution < 1.29 is 18.7 Å². The number of hydrogen-bond acceptors (Lipinski definition) is 5. The van der Waals surface area contributed by atoms with E-state index in [0.717, 1.165) is 16.5 Å². The molecule has 0 radical (unpaired) electrons. The lowest BCUT2D eigenvalue weighted by atomic mass is 10.0. The third-order valence-electron chi connectivity index (χ3n) is 4.16. The first kappa shape index (κ1) is 16.6. The summed E-state index contributed by atoms with van der Waals surface area (Å²) in [5, 5.41) is 0.742. The van der Waals surface area contributed by atoms with Crippen LogP contribution in [-0.4, -0.2) is 12.3 Å². The highest BCUT2D eigenvalue weighted by Crippen LogP contribution is 2.23. The number of aryl methyl sites for hydroxylation is 2. The van der Waals surface area contributed by atoms with E-state index in [1.807, 2.05) is 26.0 Å². The van der Waals surface area contributed by atoms with E-state index in [4.69, 9.17) is 9.15 Å². The van der Waals surface area contributed by atoms with Crippen LogP contribution < -0.4 is 5.63 Å². The van der Waals surface area contributed by atoms with Gasteiger partial charge in [0.1, 0.15) is 18.5 Å². The average molecular weight is 336 g/mol. The molecule has 25 heavy (non-hydrogen) atoms. The van der Waals surface area contributed by atoms with Crippen LogP contribution in [0.1, 0.15) is 37.4 Å². The van der Waals surface area contributed by atoms with Gasteiger partial charge in [-0.2, -0.15) is 0 Å². The van der Waals surface area contributed by atoms with Crippen molar-refractivity contribution in [2.45, 2.75) is 20.5 Å². The lowest BCUT2D eigenvalue weighted by Crippen LogP contribution is -2.08. The fourth-order valence-corrected chi connectivity index (χ4v) is 2.57. The number of carbonyl (C=O) groups is 2. The lowest BCUT2D eigenvalue weighted by molar-refractivity contribution is 0.0473. The molecular formula is C20H16O5. The summed E-state index contributed by atoms with van der Waals surface area (Å²) in [7, 11) is 0. The fourth-order valence-electron chi connectivity index (χ4n) is 2.57. The van der Waals surface area contributed by atoms with Crippen molar-refractivity contribution >= 4 is 23.2 Å². The SMILES string of the molecule is Cc1ccc2c(COC(=O)c3ccc(C=O)cc3)cc(=O)oc2c1C. The molecule has 3 aromatic rings. The first-order valence-electron chi connectivity index (χ1n) is 7.75. The standard InChI is InChI=1S/C20H16O5/c1-12-3-8-17-16(9-18(22)25-19(17)13(12)2)11-24-20(23)15-6-4-14(10-21)5-7-15/h3-10H,11H2,1-2H3. The van der Waals surface area contributed by atoms with Crippen LogP contribution in [0.2, 0.25) is 0 Å². The molecule has 1 heterocycles. The Morgan fingerprint density at radius 3 is 2.52 bits per heavy atom. The zero-order valence-corrected chi connectivity index (χ0v) is 13.9. The first-order chi connectivity index (χ1) is 12.0. The zero-order chi connectivity index (χ0) is 18.0. The number of rotatable bonds is 4. The molecule has 5 nitrogen and oxygen atoms in total. The molecule has 0 spiro atoms. The summed E-state index contributed by atoms with van der Waals surface area (Å²) in [6, 6.07) is 11.3. The molecule has 0 atom stereocenters. The van der Waals surface area contributed by atoms with Crippen LogP contribution in [0.3, 0.4) is 0 Å². The highest BCUT2D eigenvalue weighted by molar-refractivity contribution is 5.90. The van der Waals surface area contributed by atoms with Gasteiger partial charge in [-0.1, -0.05) is 24.3 Å². The maximum atomic E-state index is 12.1. The summed E-state index contributed by atoms with van der Waals surface area (Å²) in [6.45, 7) is 3.77. The van der Waals surface area contributed by atoms with Crippen LogP contribution in [0.4, 0.5) is 0 Å². The molecule has 126 valence electrons. The van der Waals surface area contributed by atoms with Crippen molar-refractivity contribution in [3.8, 4) is 0 Å². The Bertz CT molecular complexity index is 1010. The van der Waals surface area contributed by atoms with Crippen molar-refractivity contribution in [3.05, 3.63) is 80.7 Å².